The van der Waals surface area contributed by atoms with E-state index in [-0.39, 0.29) is 4.47 Å². The summed E-state index contributed by atoms with van der Waals surface area (Å²) in [4.78, 5) is 1.05. The number of rotatable bonds is 2. The molecule has 0 radical (unpaired) electrons. The topological polar surface area (TPSA) is 20.2 Å². The van der Waals surface area contributed by atoms with Crippen LogP contribution in [-0.4, -0.2) is 5.11 Å². The molecule has 0 fully saturated rings. The monoisotopic (exact) mass is 318 g/mol. The first kappa shape index (κ1) is 12.7. The summed E-state index contributed by atoms with van der Waals surface area (Å²) in [5.41, 5.74) is 1.00. The highest BCUT2D eigenvalue weighted by Crippen LogP contribution is 2.33. The molecular formula is C12H9BrF2OS. The number of aryl methyl sites for hydroxylation is 1. The maximum Gasteiger partial charge on any atom is 0.173 e. The van der Waals surface area contributed by atoms with Gasteiger partial charge in [0.15, 0.2) is 11.6 Å². The SMILES string of the molecule is Cc1cc(C(O)c2ccc(F)c(F)c2Br)cs1. The zero-order valence-corrected chi connectivity index (χ0v) is 11.3. The van der Waals surface area contributed by atoms with Crippen LogP contribution in [0.5, 0.6) is 0 Å². The lowest BCUT2D eigenvalue weighted by Gasteiger charge is -2.12. The molecule has 0 bridgehead atoms. The van der Waals surface area contributed by atoms with Gasteiger partial charge in [0, 0.05) is 10.4 Å². The van der Waals surface area contributed by atoms with E-state index in [4.69, 9.17) is 0 Å². The second kappa shape index (κ2) is 4.84. The molecule has 1 atom stereocenters. The lowest BCUT2D eigenvalue weighted by Crippen LogP contribution is -2.01. The van der Waals surface area contributed by atoms with E-state index in [1.54, 1.807) is 5.38 Å². The number of aliphatic hydroxyl groups excluding tert-OH is 1. The van der Waals surface area contributed by atoms with Gasteiger partial charge >= 0.3 is 0 Å². The van der Waals surface area contributed by atoms with Gasteiger partial charge in [0.25, 0.3) is 0 Å². The molecule has 1 aromatic carbocycles. The smallest absolute Gasteiger partial charge is 0.173 e. The van der Waals surface area contributed by atoms with E-state index < -0.39 is 17.7 Å². The number of hydrogen-bond acceptors (Lipinski definition) is 2. The van der Waals surface area contributed by atoms with Crippen LogP contribution in [0.3, 0.4) is 0 Å². The number of benzene rings is 1. The Morgan fingerprint density at radius 1 is 1.35 bits per heavy atom. The van der Waals surface area contributed by atoms with Crippen LogP contribution in [0.15, 0.2) is 28.1 Å². The lowest BCUT2D eigenvalue weighted by molar-refractivity contribution is 0.219. The molecule has 0 aliphatic heterocycles. The maximum atomic E-state index is 13.3. The van der Waals surface area contributed by atoms with Crippen molar-refractivity contribution >= 4 is 27.3 Å². The first-order valence-electron chi connectivity index (χ1n) is 4.87. The Labute approximate surface area is 110 Å². The first-order valence-corrected chi connectivity index (χ1v) is 6.54. The molecule has 0 amide bonds. The summed E-state index contributed by atoms with van der Waals surface area (Å²) >= 11 is 4.46. The van der Waals surface area contributed by atoms with Gasteiger partial charge in [0.2, 0.25) is 0 Å². The molecule has 0 saturated carbocycles. The molecule has 1 N–H and O–H groups in total. The predicted octanol–water partition coefficient (Wildman–Crippen LogP) is 4.18. The normalized spacial score (nSPS) is 12.8. The molecule has 0 aliphatic rings. The minimum absolute atomic E-state index is 0.0335. The van der Waals surface area contributed by atoms with Crippen LogP contribution < -0.4 is 0 Å². The Morgan fingerprint density at radius 2 is 2.06 bits per heavy atom. The highest BCUT2D eigenvalue weighted by molar-refractivity contribution is 9.10. The van der Waals surface area contributed by atoms with Gasteiger partial charge in [-0.1, -0.05) is 6.07 Å². The average molecular weight is 319 g/mol. The fourth-order valence-electron chi connectivity index (χ4n) is 1.54. The van der Waals surface area contributed by atoms with Crippen LogP contribution in [0.4, 0.5) is 8.78 Å². The van der Waals surface area contributed by atoms with Crippen LogP contribution in [0, 0.1) is 18.6 Å². The second-order valence-corrected chi connectivity index (χ2v) is 5.57. The van der Waals surface area contributed by atoms with Crippen molar-refractivity contribution in [3.05, 3.63) is 55.7 Å². The van der Waals surface area contributed by atoms with Crippen molar-refractivity contribution in [1.29, 1.82) is 0 Å². The molecule has 90 valence electrons. The molecule has 17 heavy (non-hydrogen) atoms. The Hall–Kier alpha value is -0.780. The van der Waals surface area contributed by atoms with Crippen molar-refractivity contribution in [3.8, 4) is 0 Å². The van der Waals surface area contributed by atoms with Gasteiger partial charge in [0.1, 0.15) is 6.10 Å². The zero-order chi connectivity index (χ0) is 12.6. The fraction of sp³-hybridized carbons (Fsp3) is 0.167. The Morgan fingerprint density at radius 3 is 2.65 bits per heavy atom. The van der Waals surface area contributed by atoms with Crippen molar-refractivity contribution in [3.63, 3.8) is 0 Å². The molecule has 0 spiro atoms. The van der Waals surface area contributed by atoms with Crippen LogP contribution in [-0.2, 0) is 0 Å². The van der Waals surface area contributed by atoms with Crippen molar-refractivity contribution < 1.29 is 13.9 Å². The minimum atomic E-state index is -0.978. The summed E-state index contributed by atoms with van der Waals surface area (Å²) in [6, 6.07) is 4.21. The van der Waals surface area contributed by atoms with Crippen molar-refractivity contribution in [2.45, 2.75) is 13.0 Å². The quantitative estimate of drug-likeness (QED) is 0.824. The Kier molecular flexibility index (Phi) is 3.61. The highest BCUT2D eigenvalue weighted by Gasteiger charge is 2.19. The summed E-state index contributed by atoms with van der Waals surface area (Å²) in [5.74, 6) is -1.91. The Bertz CT molecular complexity index is 553. The molecule has 1 nitrogen and oxygen atoms in total. The fourth-order valence-corrected chi connectivity index (χ4v) is 2.80. The molecule has 1 unspecified atom stereocenters. The van der Waals surface area contributed by atoms with Gasteiger partial charge < -0.3 is 5.11 Å². The van der Waals surface area contributed by atoms with Crippen molar-refractivity contribution in [2.24, 2.45) is 0 Å². The molecule has 2 aromatic rings. The van der Waals surface area contributed by atoms with Gasteiger partial charge in [-0.05, 0) is 45.9 Å². The molecular weight excluding hydrogens is 310 g/mol. The van der Waals surface area contributed by atoms with E-state index in [0.29, 0.717) is 11.1 Å². The number of hydrogen-bond donors (Lipinski definition) is 1. The average Bonchev–Trinajstić information content (AvgIpc) is 2.72. The van der Waals surface area contributed by atoms with Crippen molar-refractivity contribution in [1.82, 2.24) is 0 Å². The van der Waals surface area contributed by atoms with E-state index in [9.17, 15) is 13.9 Å². The van der Waals surface area contributed by atoms with E-state index in [0.717, 1.165) is 10.9 Å². The van der Waals surface area contributed by atoms with E-state index in [1.807, 2.05) is 13.0 Å². The van der Waals surface area contributed by atoms with E-state index in [1.165, 1.54) is 17.4 Å². The van der Waals surface area contributed by atoms with Gasteiger partial charge in [-0.3, -0.25) is 0 Å². The summed E-state index contributed by atoms with van der Waals surface area (Å²) in [6.45, 7) is 1.92. The zero-order valence-electron chi connectivity index (χ0n) is 8.88. The van der Waals surface area contributed by atoms with Crippen LogP contribution >= 0.6 is 27.3 Å². The van der Waals surface area contributed by atoms with Gasteiger partial charge in [-0.15, -0.1) is 11.3 Å². The maximum absolute atomic E-state index is 13.3. The lowest BCUT2D eigenvalue weighted by atomic mass is 10.0. The van der Waals surface area contributed by atoms with Crippen LogP contribution in [0.25, 0.3) is 0 Å². The van der Waals surface area contributed by atoms with Gasteiger partial charge in [0.05, 0.1) is 4.47 Å². The third-order valence-electron chi connectivity index (χ3n) is 2.43. The molecule has 5 heteroatoms. The second-order valence-electron chi connectivity index (χ2n) is 3.66. The van der Waals surface area contributed by atoms with E-state index in [2.05, 4.69) is 15.9 Å². The molecule has 0 saturated heterocycles. The molecule has 2 rings (SSSR count). The highest BCUT2D eigenvalue weighted by atomic mass is 79.9. The minimum Gasteiger partial charge on any atom is -0.384 e. The summed E-state index contributed by atoms with van der Waals surface area (Å²) < 4.78 is 26.3. The Balaban J connectivity index is 2.44. The molecule has 1 aromatic heterocycles. The number of halogens is 3. The number of thiophene rings is 1. The van der Waals surface area contributed by atoms with E-state index >= 15 is 0 Å². The van der Waals surface area contributed by atoms with Gasteiger partial charge in [-0.25, -0.2) is 8.78 Å². The van der Waals surface area contributed by atoms with Gasteiger partial charge in [-0.2, -0.15) is 0 Å². The largest absolute Gasteiger partial charge is 0.384 e. The molecule has 0 aliphatic carbocycles. The third-order valence-corrected chi connectivity index (χ3v) is 4.11. The molecule has 1 heterocycles. The summed E-state index contributed by atoms with van der Waals surface area (Å²) in [6.07, 6.45) is -0.954. The number of aliphatic hydroxyl groups is 1. The first-order chi connectivity index (χ1) is 8.00. The standard InChI is InChI=1S/C12H9BrF2OS/c1-6-4-7(5-17-6)12(16)8-2-3-9(14)11(15)10(8)13/h2-5,12,16H,1H3. The van der Waals surface area contributed by atoms with Crippen LogP contribution in [0.1, 0.15) is 22.1 Å². The van der Waals surface area contributed by atoms with Crippen molar-refractivity contribution in [2.75, 3.05) is 0 Å². The summed E-state index contributed by atoms with van der Waals surface area (Å²) in [7, 11) is 0. The predicted molar refractivity (Wildman–Crippen MR) is 67.2 cm³/mol. The van der Waals surface area contributed by atoms with Crippen LogP contribution in [0.2, 0.25) is 0 Å². The third kappa shape index (κ3) is 2.41. The summed E-state index contributed by atoms with van der Waals surface area (Å²) in [5, 5.41) is 11.9.